The Bertz CT molecular complexity index is 3600. The topological polar surface area (TPSA) is 4.93 Å². The molecular formula is C60H39N. The van der Waals surface area contributed by atoms with Crippen molar-refractivity contribution in [1.29, 1.82) is 0 Å². The summed E-state index contributed by atoms with van der Waals surface area (Å²) in [5, 5.41) is 9.95. The third-order valence-corrected chi connectivity index (χ3v) is 12.5. The monoisotopic (exact) mass is 773 g/mol. The molecule has 284 valence electrons. The van der Waals surface area contributed by atoms with Crippen LogP contribution in [0.1, 0.15) is 0 Å². The summed E-state index contributed by atoms with van der Waals surface area (Å²) >= 11 is 0. The van der Waals surface area contributed by atoms with E-state index in [4.69, 9.17) is 0 Å². The maximum absolute atomic E-state index is 2.45. The molecule has 0 atom stereocenters. The molecule has 1 aromatic heterocycles. The second-order valence-electron chi connectivity index (χ2n) is 16.0. The van der Waals surface area contributed by atoms with Gasteiger partial charge in [-0.15, -0.1) is 0 Å². The number of benzene rings is 11. The quantitative estimate of drug-likeness (QED) is 0.148. The van der Waals surface area contributed by atoms with E-state index in [9.17, 15) is 0 Å². The highest BCUT2D eigenvalue weighted by molar-refractivity contribution is 6.23. The van der Waals surface area contributed by atoms with Crippen LogP contribution in [0.4, 0.5) is 0 Å². The molecule has 12 rings (SSSR count). The Hall–Kier alpha value is -8.00. The highest BCUT2D eigenvalue weighted by Gasteiger charge is 2.21. The molecule has 11 aromatic carbocycles. The van der Waals surface area contributed by atoms with Crippen LogP contribution >= 0.6 is 0 Å². The minimum absolute atomic E-state index is 1.17. The Morgan fingerprint density at radius 1 is 0.230 bits per heavy atom. The smallest absolute Gasteiger partial charge is 0.0541 e. The fraction of sp³-hybridized carbons (Fsp3) is 0. The van der Waals surface area contributed by atoms with Gasteiger partial charge >= 0.3 is 0 Å². The molecule has 0 saturated heterocycles. The maximum Gasteiger partial charge on any atom is 0.0541 e. The van der Waals surface area contributed by atoms with E-state index < -0.39 is 0 Å². The first-order valence-corrected chi connectivity index (χ1v) is 21.1. The van der Waals surface area contributed by atoms with Gasteiger partial charge in [0.1, 0.15) is 0 Å². The van der Waals surface area contributed by atoms with E-state index >= 15 is 0 Å². The maximum atomic E-state index is 2.45. The van der Waals surface area contributed by atoms with Crippen LogP contribution in [0.15, 0.2) is 237 Å². The van der Waals surface area contributed by atoms with E-state index in [1.807, 2.05) is 0 Å². The molecule has 0 N–H and O–H groups in total. The molecule has 0 spiro atoms. The average Bonchev–Trinajstić information content (AvgIpc) is 3.67. The highest BCUT2D eigenvalue weighted by atomic mass is 15.0. The van der Waals surface area contributed by atoms with Gasteiger partial charge in [-0.3, -0.25) is 0 Å². The van der Waals surface area contributed by atoms with Gasteiger partial charge in [-0.2, -0.15) is 0 Å². The first-order chi connectivity index (χ1) is 30.3. The van der Waals surface area contributed by atoms with E-state index in [2.05, 4.69) is 241 Å². The summed E-state index contributed by atoms with van der Waals surface area (Å²) in [5.74, 6) is 0. The largest absolute Gasteiger partial charge is 0.309 e. The Balaban J connectivity index is 1.13. The van der Waals surface area contributed by atoms with E-state index in [1.165, 1.54) is 115 Å². The van der Waals surface area contributed by atoms with Gasteiger partial charge in [0.05, 0.1) is 11.0 Å². The van der Waals surface area contributed by atoms with Crippen molar-refractivity contribution in [3.8, 4) is 61.3 Å². The summed E-state index contributed by atoms with van der Waals surface area (Å²) < 4.78 is 2.38. The average molecular weight is 774 g/mol. The zero-order valence-corrected chi connectivity index (χ0v) is 33.5. The standard InChI is InChI=1S/C60H39N/c1-5-17-40(18-6-1)52-35-43-23-13-14-24-44(43)36-53(52)47-30-33-50-49-32-29-45(38-55(49)59(41-19-7-2-8-20-41)60(56(50)39-47)42-21-9-3-10-22-42)46-31-34-58-54(37-46)51-27-15-16-28-57(51)61(58)48-25-11-4-12-26-48/h1-39H. The summed E-state index contributed by atoms with van der Waals surface area (Å²) in [6.45, 7) is 0. The lowest BCUT2D eigenvalue weighted by Crippen LogP contribution is -1.94. The molecule has 0 aliphatic rings. The summed E-state index contributed by atoms with van der Waals surface area (Å²) in [6.07, 6.45) is 0. The highest BCUT2D eigenvalue weighted by Crippen LogP contribution is 2.48. The van der Waals surface area contributed by atoms with Crippen LogP contribution in [-0.2, 0) is 0 Å². The number of nitrogens with zero attached hydrogens (tertiary/aromatic N) is 1. The van der Waals surface area contributed by atoms with Gasteiger partial charge in [0.25, 0.3) is 0 Å². The van der Waals surface area contributed by atoms with Crippen LogP contribution in [0.2, 0.25) is 0 Å². The molecule has 1 nitrogen and oxygen atoms in total. The van der Waals surface area contributed by atoms with Crippen LogP contribution in [-0.4, -0.2) is 4.57 Å². The fourth-order valence-electron chi connectivity index (χ4n) is 9.74. The molecule has 1 heteroatoms. The van der Waals surface area contributed by atoms with Crippen molar-refractivity contribution in [2.75, 3.05) is 0 Å². The molecular weight excluding hydrogens is 735 g/mol. The Morgan fingerprint density at radius 2 is 0.656 bits per heavy atom. The van der Waals surface area contributed by atoms with Gasteiger partial charge < -0.3 is 4.57 Å². The van der Waals surface area contributed by atoms with E-state index in [-0.39, 0.29) is 0 Å². The Morgan fingerprint density at radius 3 is 1.26 bits per heavy atom. The molecule has 61 heavy (non-hydrogen) atoms. The van der Waals surface area contributed by atoms with Gasteiger partial charge in [0.15, 0.2) is 0 Å². The van der Waals surface area contributed by atoms with Crippen LogP contribution in [0.5, 0.6) is 0 Å². The lowest BCUT2D eigenvalue weighted by atomic mass is 9.82. The van der Waals surface area contributed by atoms with Crippen molar-refractivity contribution in [3.05, 3.63) is 237 Å². The molecule has 0 radical (unpaired) electrons. The van der Waals surface area contributed by atoms with E-state index in [0.29, 0.717) is 0 Å². The molecule has 0 aliphatic carbocycles. The molecule has 0 fully saturated rings. The molecule has 12 aromatic rings. The van der Waals surface area contributed by atoms with Crippen LogP contribution in [0.3, 0.4) is 0 Å². The summed E-state index contributed by atoms with van der Waals surface area (Å²) in [5.41, 5.74) is 15.8. The third kappa shape index (κ3) is 5.86. The normalized spacial score (nSPS) is 11.6. The van der Waals surface area contributed by atoms with Crippen molar-refractivity contribution in [2.24, 2.45) is 0 Å². The van der Waals surface area contributed by atoms with Crippen molar-refractivity contribution < 1.29 is 0 Å². The summed E-state index contributed by atoms with van der Waals surface area (Å²) in [4.78, 5) is 0. The lowest BCUT2D eigenvalue weighted by molar-refractivity contribution is 1.18. The van der Waals surface area contributed by atoms with E-state index in [1.54, 1.807) is 0 Å². The molecule has 1 heterocycles. The number of hydrogen-bond donors (Lipinski definition) is 0. The van der Waals surface area contributed by atoms with Crippen molar-refractivity contribution >= 4 is 54.1 Å². The molecule has 0 amide bonds. The predicted molar refractivity (Wildman–Crippen MR) is 260 cm³/mol. The van der Waals surface area contributed by atoms with Crippen LogP contribution in [0.25, 0.3) is 115 Å². The lowest BCUT2D eigenvalue weighted by Gasteiger charge is -2.21. The van der Waals surface area contributed by atoms with Crippen LogP contribution in [0, 0.1) is 0 Å². The zero-order chi connectivity index (χ0) is 40.3. The number of para-hydroxylation sites is 2. The second kappa shape index (κ2) is 14.4. The van der Waals surface area contributed by atoms with Gasteiger partial charge in [-0.25, -0.2) is 0 Å². The number of rotatable bonds is 6. The van der Waals surface area contributed by atoms with Crippen molar-refractivity contribution in [2.45, 2.75) is 0 Å². The number of fused-ring (bicyclic) bond motifs is 7. The second-order valence-corrected chi connectivity index (χ2v) is 16.0. The minimum Gasteiger partial charge on any atom is -0.309 e. The molecule has 0 unspecified atom stereocenters. The summed E-state index contributed by atoms with van der Waals surface area (Å²) in [7, 11) is 0. The van der Waals surface area contributed by atoms with Gasteiger partial charge in [0.2, 0.25) is 0 Å². The fourth-order valence-corrected chi connectivity index (χ4v) is 9.74. The summed E-state index contributed by atoms with van der Waals surface area (Å²) in [6, 6.07) is 86.9. The van der Waals surface area contributed by atoms with Gasteiger partial charge in [-0.05, 0) is 143 Å². The van der Waals surface area contributed by atoms with Crippen molar-refractivity contribution in [1.82, 2.24) is 4.57 Å². The SMILES string of the molecule is c1ccc(-c2cc3ccccc3cc2-c2ccc3c(c2)c(-c2ccccc2)c(-c2ccccc2)c2cc(-c4ccc5c(c4)c4ccccc4n5-c4ccccc4)ccc23)cc1. The minimum atomic E-state index is 1.17. The molecule has 0 bridgehead atoms. The Labute approximate surface area is 355 Å². The first-order valence-electron chi connectivity index (χ1n) is 21.1. The zero-order valence-electron chi connectivity index (χ0n) is 33.5. The van der Waals surface area contributed by atoms with Gasteiger partial charge in [-0.1, -0.05) is 182 Å². The number of aromatic nitrogens is 1. The van der Waals surface area contributed by atoms with E-state index in [0.717, 1.165) is 0 Å². The van der Waals surface area contributed by atoms with Crippen molar-refractivity contribution in [3.63, 3.8) is 0 Å². The molecule has 0 aliphatic heterocycles. The predicted octanol–water partition coefficient (Wildman–Crippen LogP) is 16.6. The van der Waals surface area contributed by atoms with Crippen LogP contribution < -0.4 is 0 Å². The first kappa shape index (κ1) is 35.0. The third-order valence-electron chi connectivity index (χ3n) is 12.5. The number of hydrogen-bond acceptors (Lipinski definition) is 0. The van der Waals surface area contributed by atoms with Gasteiger partial charge in [0, 0.05) is 16.5 Å². The Kier molecular flexibility index (Phi) is 8.25. The molecule has 0 saturated carbocycles.